The van der Waals surface area contributed by atoms with Crippen LogP contribution in [0.1, 0.15) is 0 Å². The number of ether oxygens (including phenoxy) is 1. The van der Waals surface area contributed by atoms with E-state index in [4.69, 9.17) is 9.88 Å². The minimum atomic E-state index is -3.83. The van der Waals surface area contributed by atoms with Crippen LogP contribution in [0.2, 0.25) is 0 Å². The molecule has 7 nitrogen and oxygen atoms in total. The van der Waals surface area contributed by atoms with Crippen molar-refractivity contribution in [1.82, 2.24) is 4.31 Å². The number of likely N-dealkylation sites (N-methyl/N-ethyl adjacent to an activating group) is 1. The van der Waals surface area contributed by atoms with Crippen LogP contribution < -0.4 is 5.14 Å². The smallest absolute Gasteiger partial charge is 0.242 e. The summed E-state index contributed by atoms with van der Waals surface area (Å²) in [6, 6.07) is 4.73. The first-order chi connectivity index (χ1) is 8.69. The van der Waals surface area contributed by atoms with Gasteiger partial charge in [0, 0.05) is 20.7 Å². The van der Waals surface area contributed by atoms with Crippen molar-refractivity contribution in [3.05, 3.63) is 24.3 Å². The summed E-state index contributed by atoms with van der Waals surface area (Å²) in [5.41, 5.74) is 0. The Morgan fingerprint density at radius 3 is 2.00 bits per heavy atom. The van der Waals surface area contributed by atoms with Crippen LogP contribution in [0.3, 0.4) is 0 Å². The average molecular weight is 308 g/mol. The second-order valence-electron chi connectivity index (χ2n) is 3.84. The number of sulfonamides is 2. The fourth-order valence-corrected chi connectivity index (χ4v) is 2.99. The number of hydrogen-bond donors (Lipinski definition) is 1. The summed E-state index contributed by atoms with van der Waals surface area (Å²) >= 11 is 0. The van der Waals surface area contributed by atoms with E-state index in [0.717, 1.165) is 16.4 Å². The van der Waals surface area contributed by atoms with E-state index in [-0.39, 0.29) is 22.9 Å². The Morgan fingerprint density at radius 2 is 1.58 bits per heavy atom. The van der Waals surface area contributed by atoms with Gasteiger partial charge in [0.15, 0.2) is 0 Å². The zero-order valence-corrected chi connectivity index (χ0v) is 12.2. The zero-order valence-electron chi connectivity index (χ0n) is 10.6. The molecule has 0 fully saturated rings. The fraction of sp³-hybridized carbons (Fsp3) is 0.400. The molecular weight excluding hydrogens is 292 g/mol. The SMILES string of the molecule is COCCN(C)S(=O)(=O)c1ccc(S(N)(=O)=O)cc1. The lowest BCUT2D eigenvalue weighted by atomic mass is 10.4. The molecule has 0 unspecified atom stereocenters. The normalized spacial score (nSPS) is 12.8. The molecule has 0 aromatic heterocycles. The van der Waals surface area contributed by atoms with Crippen LogP contribution >= 0.6 is 0 Å². The molecule has 2 N–H and O–H groups in total. The van der Waals surface area contributed by atoms with E-state index in [9.17, 15) is 16.8 Å². The van der Waals surface area contributed by atoms with Crippen LogP contribution in [-0.2, 0) is 24.8 Å². The molecule has 0 atom stereocenters. The van der Waals surface area contributed by atoms with Crippen LogP contribution in [0.5, 0.6) is 0 Å². The highest BCUT2D eigenvalue weighted by Crippen LogP contribution is 2.16. The number of hydrogen-bond acceptors (Lipinski definition) is 5. The molecule has 0 spiro atoms. The number of methoxy groups -OCH3 is 1. The van der Waals surface area contributed by atoms with Gasteiger partial charge in [-0.2, -0.15) is 4.31 Å². The molecule has 9 heteroatoms. The summed E-state index contributed by atoms with van der Waals surface area (Å²) in [5, 5.41) is 4.94. The van der Waals surface area contributed by atoms with Gasteiger partial charge in [-0.3, -0.25) is 0 Å². The molecule has 0 radical (unpaired) electrons. The summed E-state index contributed by atoms with van der Waals surface area (Å²) < 4.78 is 52.3. The van der Waals surface area contributed by atoms with Gasteiger partial charge in [-0.1, -0.05) is 0 Å². The lowest BCUT2D eigenvalue weighted by Gasteiger charge is -2.16. The predicted molar refractivity (Wildman–Crippen MR) is 69.5 cm³/mol. The Morgan fingerprint density at radius 1 is 1.11 bits per heavy atom. The quantitative estimate of drug-likeness (QED) is 0.769. The molecule has 0 aliphatic rings. The highest BCUT2D eigenvalue weighted by molar-refractivity contribution is 7.89. The average Bonchev–Trinajstić information content (AvgIpc) is 2.35. The number of nitrogens with two attached hydrogens (primary N) is 1. The Hall–Kier alpha value is -1.00. The third-order valence-corrected chi connectivity index (χ3v) is 5.27. The van der Waals surface area contributed by atoms with E-state index in [1.165, 1.54) is 26.3 Å². The maximum atomic E-state index is 12.1. The molecule has 0 bridgehead atoms. The van der Waals surface area contributed by atoms with Gasteiger partial charge in [-0.15, -0.1) is 0 Å². The van der Waals surface area contributed by atoms with Crippen molar-refractivity contribution in [1.29, 1.82) is 0 Å². The molecule has 19 heavy (non-hydrogen) atoms. The standard InChI is InChI=1S/C10H16N2O5S2/c1-12(7-8-17-2)19(15,16)10-5-3-9(4-6-10)18(11,13)14/h3-6H,7-8H2,1-2H3,(H2,11,13,14). The summed E-state index contributed by atoms with van der Waals surface area (Å²) in [6.45, 7) is 0.473. The minimum Gasteiger partial charge on any atom is -0.383 e. The lowest BCUT2D eigenvalue weighted by molar-refractivity contribution is 0.185. The van der Waals surface area contributed by atoms with E-state index >= 15 is 0 Å². The maximum absolute atomic E-state index is 12.1. The molecule has 108 valence electrons. The molecule has 0 aliphatic carbocycles. The first kappa shape index (κ1) is 16.1. The number of benzene rings is 1. The molecule has 1 aromatic carbocycles. The van der Waals surface area contributed by atoms with Crippen molar-refractivity contribution >= 4 is 20.0 Å². The molecular formula is C10H16N2O5S2. The van der Waals surface area contributed by atoms with Crippen molar-refractivity contribution in [2.75, 3.05) is 27.3 Å². The van der Waals surface area contributed by atoms with Gasteiger partial charge in [0.25, 0.3) is 0 Å². The summed E-state index contributed by atoms with van der Waals surface area (Å²) in [5.74, 6) is 0. The molecule has 1 aromatic rings. The Labute approximate surface area is 113 Å². The minimum absolute atomic E-state index is 0.00139. The van der Waals surface area contributed by atoms with Crippen LogP contribution in [-0.4, -0.2) is 48.4 Å². The molecule has 1 rings (SSSR count). The second-order valence-corrected chi connectivity index (χ2v) is 7.44. The monoisotopic (exact) mass is 308 g/mol. The van der Waals surface area contributed by atoms with Crippen molar-refractivity contribution in [3.63, 3.8) is 0 Å². The first-order valence-corrected chi connectivity index (χ1v) is 8.26. The van der Waals surface area contributed by atoms with E-state index in [2.05, 4.69) is 0 Å². The third kappa shape index (κ3) is 3.98. The van der Waals surface area contributed by atoms with E-state index in [1.807, 2.05) is 0 Å². The Balaban J connectivity index is 3.03. The number of rotatable bonds is 6. The van der Waals surface area contributed by atoms with Crippen LogP contribution in [0.15, 0.2) is 34.1 Å². The van der Waals surface area contributed by atoms with E-state index < -0.39 is 20.0 Å². The van der Waals surface area contributed by atoms with Gasteiger partial charge < -0.3 is 4.74 Å². The van der Waals surface area contributed by atoms with Crippen LogP contribution in [0.4, 0.5) is 0 Å². The van der Waals surface area contributed by atoms with Gasteiger partial charge in [0.1, 0.15) is 0 Å². The van der Waals surface area contributed by atoms with Gasteiger partial charge in [0.05, 0.1) is 16.4 Å². The first-order valence-electron chi connectivity index (χ1n) is 5.27. The van der Waals surface area contributed by atoms with Gasteiger partial charge in [0.2, 0.25) is 20.0 Å². The largest absolute Gasteiger partial charge is 0.383 e. The van der Waals surface area contributed by atoms with Crippen LogP contribution in [0, 0.1) is 0 Å². The molecule has 0 amide bonds. The van der Waals surface area contributed by atoms with Gasteiger partial charge in [-0.25, -0.2) is 22.0 Å². The highest BCUT2D eigenvalue weighted by atomic mass is 32.2. The van der Waals surface area contributed by atoms with Crippen molar-refractivity contribution < 1.29 is 21.6 Å². The molecule has 0 saturated heterocycles. The zero-order chi connectivity index (χ0) is 14.7. The maximum Gasteiger partial charge on any atom is 0.242 e. The molecule has 0 saturated carbocycles. The third-order valence-electron chi connectivity index (χ3n) is 2.47. The van der Waals surface area contributed by atoms with Crippen molar-refractivity contribution in [3.8, 4) is 0 Å². The summed E-state index contributed by atoms with van der Waals surface area (Å²) in [6.07, 6.45) is 0. The highest BCUT2D eigenvalue weighted by Gasteiger charge is 2.20. The van der Waals surface area contributed by atoms with Crippen molar-refractivity contribution in [2.45, 2.75) is 9.79 Å². The van der Waals surface area contributed by atoms with Gasteiger partial charge >= 0.3 is 0 Å². The second kappa shape index (κ2) is 5.97. The topological polar surface area (TPSA) is 107 Å². The lowest BCUT2D eigenvalue weighted by Crippen LogP contribution is -2.30. The van der Waals surface area contributed by atoms with Gasteiger partial charge in [-0.05, 0) is 24.3 Å². The number of primary sulfonamides is 1. The molecule has 0 aliphatic heterocycles. The van der Waals surface area contributed by atoms with E-state index in [0.29, 0.717) is 0 Å². The Bertz CT molecular complexity index is 622. The van der Waals surface area contributed by atoms with E-state index in [1.54, 1.807) is 0 Å². The summed E-state index contributed by atoms with van der Waals surface area (Å²) in [4.78, 5) is -0.135. The van der Waals surface area contributed by atoms with Crippen LogP contribution in [0.25, 0.3) is 0 Å². The fourth-order valence-electron chi connectivity index (χ4n) is 1.32. The Kier molecular flexibility index (Phi) is 5.04. The number of nitrogens with zero attached hydrogens (tertiary/aromatic N) is 1. The molecule has 0 heterocycles. The van der Waals surface area contributed by atoms with Crippen molar-refractivity contribution in [2.24, 2.45) is 5.14 Å². The predicted octanol–water partition coefficient (Wildman–Crippen LogP) is -0.399. The summed E-state index contributed by atoms with van der Waals surface area (Å²) in [7, 11) is -4.59.